The molecule has 0 aromatic heterocycles. The molecule has 0 spiro atoms. The predicted octanol–water partition coefficient (Wildman–Crippen LogP) is 1.28. The number of nitrogens with zero attached hydrogens (tertiary/aromatic N) is 1. The summed E-state index contributed by atoms with van der Waals surface area (Å²) in [7, 11) is 1.85. The van der Waals surface area contributed by atoms with Crippen LogP contribution in [0.4, 0.5) is 0 Å². The molecule has 9 heteroatoms. The Kier molecular flexibility index (Phi) is 9.55. The molecule has 136 valence electrons. The van der Waals surface area contributed by atoms with Gasteiger partial charge in [-0.2, -0.15) is 0 Å². The summed E-state index contributed by atoms with van der Waals surface area (Å²) in [5.74, 6) is -2.24. The number of carboxylic acid groups (broad SMARTS) is 2. The average molecular weight is 351 g/mol. The molecular weight excluding hydrogens is 322 g/mol. The summed E-state index contributed by atoms with van der Waals surface area (Å²) in [4.78, 5) is 24.6. The molecule has 1 atom stereocenters. The van der Waals surface area contributed by atoms with Gasteiger partial charge in [-0.3, -0.25) is 14.5 Å². The minimum absolute atomic E-state index is 0.212. The van der Waals surface area contributed by atoms with E-state index in [9.17, 15) is 14.7 Å². The second-order valence-electron chi connectivity index (χ2n) is 5.24. The van der Waals surface area contributed by atoms with Crippen LogP contribution in [-0.2, 0) is 22.9 Å². The molecule has 0 aliphatic carbocycles. The zero-order valence-corrected chi connectivity index (χ0v) is 15.6. The van der Waals surface area contributed by atoms with Gasteiger partial charge in [-0.25, -0.2) is 0 Å². The number of rotatable bonds is 13. The van der Waals surface area contributed by atoms with Gasteiger partial charge in [0.05, 0.1) is 6.42 Å². The SMILES string of the molecule is CCN(CCC[Si](OC)(OC)OC)[C@@](CC)(CC(=O)O)C(=O)O. The van der Waals surface area contributed by atoms with E-state index in [-0.39, 0.29) is 6.42 Å². The third-order valence-electron chi connectivity index (χ3n) is 4.26. The molecule has 0 saturated heterocycles. The van der Waals surface area contributed by atoms with E-state index in [4.69, 9.17) is 18.4 Å². The van der Waals surface area contributed by atoms with Crippen LogP contribution in [0.1, 0.15) is 33.1 Å². The van der Waals surface area contributed by atoms with Crippen molar-refractivity contribution in [3.8, 4) is 0 Å². The highest BCUT2D eigenvalue weighted by Crippen LogP contribution is 2.26. The number of aliphatic carboxylic acids is 2. The summed E-state index contributed by atoms with van der Waals surface area (Å²) >= 11 is 0. The molecule has 0 bridgehead atoms. The second-order valence-corrected chi connectivity index (χ2v) is 8.33. The van der Waals surface area contributed by atoms with Crippen LogP contribution in [0.15, 0.2) is 0 Å². The molecule has 0 radical (unpaired) electrons. The molecule has 0 rings (SSSR count). The lowest BCUT2D eigenvalue weighted by Crippen LogP contribution is -2.56. The Bertz CT molecular complexity index is 381. The minimum atomic E-state index is -2.72. The highest BCUT2D eigenvalue weighted by atomic mass is 28.4. The van der Waals surface area contributed by atoms with Crippen molar-refractivity contribution < 1.29 is 33.1 Å². The van der Waals surface area contributed by atoms with E-state index in [2.05, 4.69) is 0 Å². The molecule has 0 unspecified atom stereocenters. The first kappa shape index (κ1) is 22.0. The first-order chi connectivity index (χ1) is 10.8. The minimum Gasteiger partial charge on any atom is -0.481 e. The summed E-state index contributed by atoms with van der Waals surface area (Å²) in [5, 5.41) is 18.7. The predicted molar refractivity (Wildman–Crippen MR) is 86.4 cm³/mol. The topological polar surface area (TPSA) is 106 Å². The summed E-state index contributed by atoms with van der Waals surface area (Å²) in [6.07, 6.45) is 0.363. The van der Waals surface area contributed by atoms with Crippen LogP contribution in [0.5, 0.6) is 0 Å². The van der Waals surface area contributed by atoms with E-state index in [1.807, 2.05) is 6.92 Å². The van der Waals surface area contributed by atoms with Crippen LogP contribution in [-0.4, -0.2) is 75.8 Å². The lowest BCUT2D eigenvalue weighted by atomic mass is 9.89. The van der Waals surface area contributed by atoms with Crippen molar-refractivity contribution >= 4 is 20.7 Å². The van der Waals surface area contributed by atoms with E-state index in [0.29, 0.717) is 25.6 Å². The summed E-state index contributed by atoms with van der Waals surface area (Å²) in [6, 6.07) is 0.527. The van der Waals surface area contributed by atoms with E-state index < -0.39 is 32.7 Å². The van der Waals surface area contributed by atoms with Crippen molar-refractivity contribution in [1.29, 1.82) is 0 Å². The van der Waals surface area contributed by atoms with Gasteiger partial charge in [0.2, 0.25) is 0 Å². The van der Waals surface area contributed by atoms with E-state index >= 15 is 0 Å². The van der Waals surface area contributed by atoms with Gasteiger partial charge in [-0.05, 0) is 25.9 Å². The first-order valence-corrected chi connectivity index (χ1v) is 9.56. The lowest BCUT2D eigenvalue weighted by Gasteiger charge is -2.39. The Morgan fingerprint density at radius 3 is 1.91 bits per heavy atom. The van der Waals surface area contributed by atoms with E-state index in [1.54, 1.807) is 11.8 Å². The quantitative estimate of drug-likeness (QED) is 0.478. The molecule has 0 aromatic carbocycles. The smallest absolute Gasteiger partial charge is 0.481 e. The summed E-state index contributed by atoms with van der Waals surface area (Å²) in [6.45, 7) is 4.38. The fraction of sp³-hybridized carbons (Fsp3) is 0.857. The summed E-state index contributed by atoms with van der Waals surface area (Å²) in [5.41, 5.74) is -1.40. The molecule has 0 amide bonds. The maximum atomic E-state index is 11.7. The van der Waals surface area contributed by atoms with Gasteiger partial charge in [0.15, 0.2) is 0 Å². The average Bonchev–Trinajstić information content (AvgIpc) is 2.53. The fourth-order valence-electron chi connectivity index (χ4n) is 2.79. The van der Waals surface area contributed by atoms with Gasteiger partial charge >= 0.3 is 20.7 Å². The maximum Gasteiger partial charge on any atom is 0.500 e. The number of carboxylic acids is 2. The van der Waals surface area contributed by atoms with Crippen LogP contribution in [0, 0.1) is 0 Å². The highest BCUT2D eigenvalue weighted by molar-refractivity contribution is 6.60. The Balaban J connectivity index is 5.09. The van der Waals surface area contributed by atoms with Crippen LogP contribution in [0.3, 0.4) is 0 Å². The van der Waals surface area contributed by atoms with Crippen molar-refractivity contribution in [3.05, 3.63) is 0 Å². The fourth-order valence-corrected chi connectivity index (χ4v) is 4.49. The Labute approximate surface area is 138 Å². The number of hydrogen-bond donors (Lipinski definition) is 2. The largest absolute Gasteiger partial charge is 0.500 e. The normalized spacial score (nSPS) is 14.7. The van der Waals surface area contributed by atoms with Gasteiger partial charge in [0, 0.05) is 27.4 Å². The molecule has 0 heterocycles. The number of hydrogen-bond acceptors (Lipinski definition) is 6. The number of carbonyl (C=O) groups is 2. The van der Waals surface area contributed by atoms with E-state index in [0.717, 1.165) is 0 Å². The molecule has 0 saturated carbocycles. The van der Waals surface area contributed by atoms with Crippen LogP contribution in [0.25, 0.3) is 0 Å². The van der Waals surface area contributed by atoms with Crippen LogP contribution < -0.4 is 0 Å². The van der Waals surface area contributed by atoms with Gasteiger partial charge < -0.3 is 23.5 Å². The van der Waals surface area contributed by atoms with Crippen molar-refractivity contribution in [2.24, 2.45) is 0 Å². The first-order valence-electron chi connectivity index (χ1n) is 7.63. The van der Waals surface area contributed by atoms with Gasteiger partial charge in [-0.1, -0.05) is 13.8 Å². The van der Waals surface area contributed by atoms with Gasteiger partial charge in [-0.15, -0.1) is 0 Å². The van der Waals surface area contributed by atoms with Gasteiger partial charge in [0.1, 0.15) is 5.54 Å². The number of likely N-dealkylation sites (N-methyl/N-ethyl adjacent to an activating group) is 1. The van der Waals surface area contributed by atoms with E-state index in [1.165, 1.54) is 21.3 Å². The van der Waals surface area contributed by atoms with Crippen molar-refractivity contribution in [1.82, 2.24) is 4.90 Å². The Morgan fingerprint density at radius 2 is 1.61 bits per heavy atom. The highest BCUT2D eigenvalue weighted by Gasteiger charge is 2.44. The monoisotopic (exact) mass is 351 g/mol. The standard InChI is InChI=1S/C14H29NO7Si/c1-6-14(13(18)19,11-12(16)17)15(7-2)9-8-10-23(20-3,21-4)22-5/h6-11H2,1-5H3,(H,16,17)(H,18,19)/t14-/m0/s1. The van der Waals surface area contributed by atoms with Crippen molar-refractivity contribution in [3.63, 3.8) is 0 Å². The zero-order chi connectivity index (χ0) is 18.1. The molecule has 0 aliphatic rings. The van der Waals surface area contributed by atoms with Crippen LogP contribution >= 0.6 is 0 Å². The Morgan fingerprint density at radius 1 is 1.09 bits per heavy atom. The Hall–Kier alpha value is -1.00. The molecule has 0 fully saturated rings. The maximum absolute atomic E-state index is 11.7. The zero-order valence-electron chi connectivity index (χ0n) is 14.6. The molecule has 8 nitrogen and oxygen atoms in total. The lowest BCUT2D eigenvalue weighted by molar-refractivity contribution is -0.159. The molecule has 0 aromatic rings. The molecule has 2 N–H and O–H groups in total. The third kappa shape index (κ3) is 5.54. The van der Waals surface area contributed by atoms with Crippen molar-refractivity contribution in [2.75, 3.05) is 34.4 Å². The van der Waals surface area contributed by atoms with Crippen molar-refractivity contribution in [2.45, 2.75) is 44.7 Å². The van der Waals surface area contributed by atoms with Crippen LogP contribution in [0.2, 0.25) is 6.04 Å². The molecule has 0 aliphatic heterocycles. The third-order valence-corrected chi connectivity index (χ3v) is 7.09. The molecular formula is C14H29NO7Si. The summed E-state index contributed by atoms with van der Waals surface area (Å²) < 4.78 is 16.0. The molecule has 23 heavy (non-hydrogen) atoms. The second kappa shape index (κ2) is 9.99. The van der Waals surface area contributed by atoms with Gasteiger partial charge in [0.25, 0.3) is 0 Å².